The highest BCUT2D eigenvalue weighted by Gasteiger charge is 2.28. The molecule has 1 atom stereocenters. The summed E-state index contributed by atoms with van der Waals surface area (Å²) < 4.78 is 28.6. The van der Waals surface area contributed by atoms with Crippen LogP contribution >= 0.6 is 11.6 Å². The van der Waals surface area contributed by atoms with Crippen LogP contribution < -0.4 is 14.9 Å². The van der Waals surface area contributed by atoms with E-state index in [0.29, 0.717) is 41.7 Å². The number of anilines is 2. The maximum absolute atomic E-state index is 13.0. The van der Waals surface area contributed by atoms with Gasteiger partial charge in [0.2, 0.25) is 5.91 Å². The molecule has 7 nitrogen and oxygen atoms in total. The zero-order valence-corrected chi connectivity index (χ0v) is 18.1. The first-order valence-corrected chi connectivity index (χ1v) is 11.4. The van der Waals surface area contributed by atoms with Crippen molar-refractivity contribution in [1.82, 2.24) is 10.3 Å². The summed E-state index contributed by atoms with van der Waals surface area (Å²) in [4.78, 5) is 18.8. The molecule has 29 heavy (non-hydrogen) atoms. The topological polar surface area (TPSA) is 91.4 Å². The average Bonchev–Trinajstić information content (AvgIpc) is 2.68. The summed E-state index contributed by atoms with van der Waals surface area (Å²) in [6.07, 6.45) is 3.26. The van der Waals surface area contributed by atoms with E-state index in [0.717, 1.165) is 12.8 Å². The van der Waals surface area contributed by atoms with Crippen LogP contribution in [0, 0.1) is 12.8 Å². The highest BCUT2D eigenvalue weighted by atomic mass is 35.5. The molecular formula is C20H25ClN4O3S. The number of pyridine rings is 1. The third-order valence-electron chi connectivity index (χ3n) is 4.90. The van der Waals surface area contributed by atoms with Crippen molar-refractivity contribution in [3.63, 3.8) is 0 Å². The minimum absolute atomic E-state index is 0.0204. The summed E-state index contributed by atoms with van der Waals surface area (Å²) in [6.45, 7) is 5.39. The Balaban J connectivity index is 1.86. The van der Waals surface area contributed by atoms with Gasteiger partial charge in [-0.1, -0.05) is 11.6 Å². The molecule has 9 heteroatoms. The SMILES string of the molecule is CCNC(=O)C1CCCN(c2ncccc2NS(=O)(=O)c2ccc(Cl)cc2C)C1. The quantitative estimate of drug-likeness (QED) is 0.725. The van der Waals surface area contributed by atoms with Crippen LogP contribution in [0.25, 0.3) is 0 Å². The first-order valence-electron chi connectivity index (χ1n) is 9.58. The van der Waals surface area contributed by atoms with Gasteiger partial charge in [0.15, 0.2) is 5.82 Å². The summed E-state index contributed by atoms with van der Waals surface area (Å²) in [5.74, 6) is 0.400. The molecule has 1 fully saturated rings. The van der Waals surface area contributed by atoms with Crippen molar-refractivity contribution in [2.75, 3.05) is 29.3 Å². The molecule has 1 aromatic heterocycles. The predicted octanol–water partition coefficient (Wildman–Crippen LogP) is 3.20. The normalized spacial score (nSPS) is 17.1. The zero-order chi connectivity index (χ0) is 21.0. The molecule has 156 valence electrons. The van der Waals surface area contributed by atoms with E-state index in [1.165, 1.54) is 6.07 Å². The number of halogens is 1. The number of piperidine rings is 1. The fraction of sp³-hybridized carbons (Fsp3) is 0.400. The van der Waals surface area contributed by atoms with Crippen LogP contribution in [0.1, 0.15) is 25.3 Å². The van der Waals surface area contributed by atoms with Gasteiger partial charge in [-0.2, -0.15) is 0 Å². The Hall–Kier alpha value is -2.32. The molecule has 3 rings (SSSR count). The van der Waals surface area contributed by atoms with Gasteiger partial charge in [0.05, 0.1) is 16.5 Å². The number of rotatable bonds is 6. The Kier molecular flexibility index (Phi) is 6.64. The molecule has 0 bridgehead atoms. The average molecular weight is 437 g/mol. The van der Waals surface area contributed by atoms with Gasteiger partial charge in [0.1, 0.15) is 0 Å². The molecule has 0 radical (unpaired) electrons. The van der Waals surface area contributed by atoms with Crippen molar-refractivity contribution < 1.29 is 13.2 Å². The predicted molar refractivity (Wildman–Crippen MR) is 115 cm³/mol. The highest BCUT2D eigenvalue weighted by molar-refractivity contribution is 7.92. The number of sulfonamides is 1. The van der Waals surface area contributed by atoms with Gasteiger partial charge in [0, 0.05) is 30.9 Å². The van der Waals surface area contributed by atoms with Crippen molar-refractivity contribution in [2.24, 2.45) is 5.92 Å². The zero-order valence-electron chi connectivity index (χ0n) is 16.5. The van der Waals surface area contributed by atoms with Gasteiger partial charge < -0.3 is 10.2 Å². The van der Waals surface area contributed by atoms with Crippen LogP contribution in [0.3, 0.4) is 0 Å². The number of hydrogen-bond donors (Lipinski definition) is 2. The number of aryl methyl sites for hydroxylation is 1. The lowest BCUT2D eigenvalue weighted by atomic mass is 9.97. The molecule has 0 spiro atoms. The fourth-order valence-electron chi connectivity index (χ4n) is 3.54. The number of nitrogens with zero attached hydrogens (tertiary/aromatic N) is 2. The number of benzene rings is 1. The van der Waals surface area contributed by atoms with Gasteiger partial charge in [-0.15, -0.1) is 0 Å². The number of carbonyl (C=O) groups is 1. The first-order chi connectivity index (χ1) is 13.8. The molecule has 1 unspecified atom stereocenters. The summed E-state index contributed by atoms with van der Waals surface area (Å²) >= 11 is 5.95. The lowest BCUT2D eigenvalue weighted by molar-refractivity contribution is -0.125. The van der Waals surface area contributed by atoms with E-state index >= 15 is 0 Å². The van der Waals surface area contributed by atoms with Crippen LogP contribution in [-0.4, -0.2) is 38.9 Å². The van der Waals surface area contributed by atoms with E-state index < -0.39 is 10.0 Å². The molecule has 1 aliphatic heterocycles. The monoisotopic (exact) mass is 436 g/mol. The second-order valence-corrected chi connectivity index (χ2v) is 9.16. The Bertz CT molecular complexity index is 997. The lowest BCUT2D eigenvalue weighted by Crippen LogP contribution is -2.43. The minimum atomic E-state index is -3.81. The molecule has 0 saturated carbocycles. The highest BCUT2D eigenvalue weighted by Crippen LogP contribution is 2.30. The second-order valence-electron chi connectivity index (χ2n) is 7.07. The van der Waals surface area contributed by atoms with E-state index in [2.05, 4.69) is 15.0 Å². The van der Waals surface area contributed by atoms with Crippen molar-refractivity contribution in [1.29, 1.82) is 0 Å². The fourth-order valence-corrected chi connectivity index (χ4v) is 5.06. The second kappa shape index (κ2) is 9.00. The van der Waals surface area contributed by atoms with Gasteiger partial charge in [-0.3, -0.25) is 9.52 Å². The van der Waals surface area contributed by atoms with Crippen LogP contribution in [0.4, 0.5) is 11.5 Å². The van der Waals surface area contributed by atoms with Crippen LogP contribution in [-0.2, 0) is 14.8 Å². The number of aromatic nitrogens is 1. The van der Waals surface area contributed by atoms with Crippen molar-refractivity contribution in [2.45, 2.75) is 31.6 Å². The lowest BCUT2D eigenvalue weighted by Gasteiger charge is -2.33. The number of hydrogen-bond acceptors (Lipinski definition) is 5. The van der Waals surface area contributed by atoms with Crippen molar-refractivity contribution in [3.05, 3.63) is 47.1 Å². The third kappa shape index (κ3) is 5.00. The first kappa shape index (κ1) is 21.4. The van der Waals surface area contributed by atoms with Gasteiger partial charge >= 0.3 is 0 Å². The molecule has 1 aromatic carbocycles. The smallest absolute Gasteiger partial charge is 0.262 e. The molecule has 2 aromatic rings. The third-order valence-corrected chi connectivity index (χ3v) is 6.66. The Labute approximate surface area is 176 Å². The standard InChI is InChI=1S/C20H25ClN4O3S/c1-3-22-20(26)15-6-5-11-25(13-15)19-17(7-4-10-23-19)24-29(27,28)18-9-8-16(21)12-14(18)2/h4,7-10,12,15,24H,3,5-6,11,13H2,1-2H3,(H,22,26). The summed E-state index contributed by atoms with van der Waals surface area (Å²) in [5, 5.41) is 3.34. The summed E-state index contributed by atoms with van der Waals surface area (Å²) in [5.41, 5.74) is 0.947. The van der Waals surface area contributed by atoms with E-state index in [-0.39, 0.29) is 16.7 Å². The van der Waals surface area contributed by atoms with E-state index in [9.17, 15) is 13.2 Å². The van der Waals surface area contributed by atoms with E-state index in [1.54, 1.807) is 37.4 Å². The van der Waals surface area contributed by atoms with Crippen LogP contribution in [0.15, 0.2) is 41.4 Å². The maximum atomic E-state index is 13.0. The molecule has 1 amide bonds. The van der Waals surface area contributed by atoms with Crippen LogP contribution in [0.2, 0.25) is 5.02 Å². The molecule has 2 N–H and O–H groups in total. The van der Waals surface area contributed by atoms with Crippen molar-refractivity contribution >= 4 is 39.0 Å². The van der Waals surface area contributed by atoms with Gasteiger partial charge in [-0.05, 0) is 62.6 Å². The largest absolute Gasteiger partial charge is 0.356 e. The number of nitrogens with one attached hydrogen (secondary N) is 2. The molecular weight excluding hydrogens is 412 g/mol. The minimum Gasteiger partial charge on any atom is -0.356 e. The Morgan fingerprint density at radius 1 is 1.34 bits per heavy atom. The molecule has 1 aliphatic rings. The Morgan fingerprint density at radius 3 is 2.86 bits per heavy atom. The van der Waals surface area contributed by atoms with Gasteiger partial charge in [0.25, 0.3) is 10.0 Å². The molecule has 1 saturated heterocycles. The van der Waals surface area contributed by atoms with E-state index in [4.69, 9.17) is 11.6 Å². The molecule has 0 aliphatic carbocycles. The Morgan fingerprint density at radius 2 is 2.14 bits per heavy atom. The summed E-state index contributed by atoms with van der Waals surface area (Å²) in [6, 6.07) is 8.01. The van der Waals surface area contributed by atoms with Crippen LogP contribution in [0.5, 0.6) is 0 Å². The van der Waals surface area contributed by atoms with E-state index in [1.807, 2.05) is 11.8 Å². The molecule has 2 heterocycles. The number of amides is 1. The van der Waals surface area contributed by atoms with Gasteiger partial charge in [-0.25, -0.2) is 13.4 Å². The summed E-state index contributed by atoms with van der Waals surface area (Å²) in [7, 11) is -3.81. The maximum Gasteiger partial charge on any atom is 0.262 e. The van der Waals surface area contributed by atoms with Crippen molar-refractivity contribution in [3.8, 4) is 0 Å². The number of carbonyl (C=O) groups excluding carboxylic acids is 1.